The fourth-order valence-electron chi connectivity index (χ4n) is 0.900. The zero-order chi connectivity index (χ0) is 14.4. The lowest BCUT2D eigenvalue weighted by molar-refractivity contribution is -0.276. The summed E-state index contributed by atoms with van der Waals surface area (Å²) in [5.41, 5.74) is 0. The predicted molar refractivity (Wildman–Crippen MR) is 52.1 cm³/mol. The van der Waals surface area contributed by atoms with E-state index >= 15 is 0 Å². The van der Waals surface area contributed by atoms with Crippen molar-refractivity contribution >= 4 is 0 Å². The maximum absolute atomic E-state index is 12.7. The summed E-state index contributed by atoms with van der Waals surface area (Å²) >= 11 is 0. The molecule has 0 amide bonds. The third-order valence-electron chi connectivity index (χ3n) is 2.10. The SMILES string of the molecule is CC(CCOC(F)(F)CF)COC(F)(F)C(C)F. The van der Waals surface area contributed by atoms with Crippen LogP contribution in [0.2, 0.25) is 0 Å². The van der Waals surface area contributed by atoms with Gasteiger partial charge in [-0.2, -0.15) is 17.6 Å². The van der Waals surface area contributed by atoms with E-state index in [9.17, 15) is 26.3 Å². The molecule has 0 aromatic carbocycles. The first-order chi connectivity index (χ1) is 8.10. The number of hydrogen-bond acceptors (Lipinski definition) is 2. The highest BCUT2D eigenvalue weighted by molar-refractivity contribution is 4.62. The van der Waals surface area contributed by atoms with Crippen molar-refractivity contribution in [3.63, 3.8) is 0 Å². The first kappa shape index (κ1) is 17.5. The van der Waals surface area contributed by atoms with E-state index in [0.29, 0.717) is 6.92 Å². The molecule has 0 aromatic rings. The number of ether oxygens (including phenoxy) is 2. The van der Waals surface area contributed by atoms with Crippen molar-refractivity contribution in [2.45, 2.75) is 38.7 Å². The van der Waals surface area contributed by atoms with Gasteiger partial charge in [0.2, 0.25) is 0 Å². The molecule has 2 unspecified atom stereocenters. The molecule has 0 rings (SSSR count). The van der Waals surface area contributed by atoms with Crippen LogP contribution in [0.3, 0.4) is 0 Å². The molecule has 0 saturated carbocycles. The first-order valence-corrected chi connectivity index (χ1v) is 5.34. The van der Waals surface area contributed by atoms with Gasteiger partial charge in [-0.3, -0.25) is 0 Å². The second kappa shape index (κ2) is 7.18. The average molecular weight is 282 g/mol. The van der Waals surface area contributed by atoms with E-state index in [0.717, 1.165) is 0 Å². The molecule has 0 radical (unpaired) electrons. The highest BCUT2D eigenvalue weighted by atomic mass is 19.3. The highest BCUT2D eigenvalue weighted by Crippen LogP contribution is 2.24. The Labute approximate surface area is 101 Å². The Bertz CT molecular complexity index is 234. The number of halogens is 6. The summed E-state index contributed by atoms with van der Waals surface area (Å²) in [4.78, 5) is 0. The molecule has 0 aliphatic carbocycles. The summed E-state index contributed by atoms with van der Waals surface area (Å²) in [6.45, 7) is -0.870. The molecule has 2 atom stereocenters. The first-order valence-electron chi connectivity index (χ1n) is 5.34. The van der Waals surface area contributed by atoms with E-state index in [4.69, 9.17) is 0 Å². The van der Waals surface area contributed by atoms with Crippen molar-refractivity contribution < 1.29 is 35.8 Å². The van der Waals surface area contributed by atoms with Crippen LogP contribution in [-0.4, -0.2) is 38.3 Å². The Hall–Kier alpha value is -0.500. The van der Waals surface area contributed by atoms with Crippen molar-refractivity contribution in [3.05, 3.63) is 0 Å². The van der Waals surface area contributed by atoms with Crippen LogP contribution in [0.25, 0.3) is 0 Å². The summed E-state index contributed by atoms with van der Waals surface area (Å²) in [7, 11) is 0. The third-order valence-corrected chi connectivity index (χ3v) is 2.10. The van der Waals surface area contributed by atoms with Gasteiger partial charge in [0.05, 0.1) is 13.2 Å². The molecule has 0 heterocycles. The molecular weight excluding hydrogens is 266 g/mol. The zero-order valence-corrected chi connectivity index (χ0v) is 10.1. The standard InChI is InChI=1S/C10H16F6O2/c1-7(3-4-17-9(13,14)6-11)5-18-10(15,16)8(2)12/h7-8H,3-6H2,1-2H3. The molecule has 0 N–H and O–H groups in total. The lowest BCUT2D eigenvalue weighted by atomic mass is 10.1. The Morgan fingerprint density at radius 1 is 1.06 bits per heavy atom. The van der Waals surface area contributed by atoms with E-state index in [1.807, 2.05) is 0 Å². The van der Waals surface area contributed by atoms with Crippen molar-refractivity contribution in [2.75, 3.05) is 19.9 Å². The average Bonchev–Trinajstić information content (AvgIpc) is 2.26. The van der Waals surface area contributed by atoms with Crippen LogP contribution >= 0.6 is 0 Å². The van der Waals surface area contributed by atoms with Crippen LogP contribution in [-0.2, 0) is 9.47 Å². The normalized spacial score (nSPS) is 16.7. The highest BCUT2D eigenvalue weighted by Gasteiger charge is 2.38. The predicted octanol–water partition coefficient (Wildman–Crippen LogP) is 3.56. The molecule has 18 heavy (non-hydrogen) atoms. The smallest absolute Gasteiger partial charge is 0.318 e. The van der Waals surface area contributed by atoms with Gasteiger partial charge < -0.3 is 9.47 Å². The molecule has 2 nitrogen and oxygen atoms in total. The van der Waals surface area contributed by atoms with Crippen LogP contribution in [0.15, 0.2) is 0 Å². The zero-order valence-electron chi connectivity index (χ0n) is 10.1. The largest absolute Gasteiger partial charge is 0.386 e. The summed E-state index contributed by atoms with van der Waals surface area (Å²) < 4.78 is 81.9. The van der Waals surface area contributed by atoms with Crippen LogP contribution in [0.5, 0.6) is 0 Å². The molecule has 0 spiro atoms. The van der Waals surface area contributed by atoms with Crippen molar-refractivity contribution in [1.82, 2.24) is 0 Å². The van der Waals surface area contributed by atoms with Crippen LogP contribution in [0.1, 0.15) is 20.3 Å². The van der Waals surface area contributed by atoms with Gasteiger partial charge in [0.1, 0.15) is 0 Å². The van der Waals surface area contributed by atoms with Gasteiger partial charge in [-0.05, 0) is 19.3 Å². The minimum atomic E-state index is -3.90. The van der Waals surface area contributed by atoms with E-state index in [-0.39, 0.29) is 6.42 Å². The van der Waals surface area contributed by atoms with E-state index in [2.05, 4.69) is 9.47 Å². The maximum Gasteiger partial charge on any atom is 0.386 e. The Morgan fingerprint density at radius 2 is 1.61 bits per heavy atom. The van der Waals surface area contributed by atoms with E-state index in [1.165, 1.54) is 6.92 Å². The van der Waals surface area contributed by atoms with Gasteiger partial charge >= 0.3 is 12.2 Å². The van der Waals surface area contributed by atoms with Gasteiger partial charge in [0.25, 0.3) is 0 Å². The fourth-order valence-corrected chi connectivity index (χ4v) is 0.900. The topological polar surface area (TPSA) is 18.5 Å². The van der Waals surface area contributed by atoms with Crippen molar-refractivity contribution in [2.24, 2.45) is 5.92 Å². The Kier molecular flexibility index (Phi) is 6.98. The van der Waals surface area contributed by atoms with Crippen molar-refractivity contribution in [1.29, 1.82) is 0 Å². The van der Waals surface area contributed by atoms with Gasteiger partial charge in [-0.25, -0.2) is 8.78 Å². The minimum Gasteiger partial charge on any atom is -0.318 e. The molecule has 0 bridgehead atoms. The molecule has 0 aliphatic heterocycles. The monoisotopic (exact) mass is 282 g/mol. The maximum atomic E-state index is 12.7. The van der Waals surface area contributed by atoms with Crippen LogP contribution < -0.4 is 0 Å². The van der Waals surface area contributed by atoms with E-state index in [1.54, 1.807) is 0 Å². The lowest BCUT2D eigenvalue weighted by Crippen LogP contribution is -2.33. The van der Waals surface area contributed by atoms with Gasteiger partial charge in [0, 0.05) is 0 Å². The molecule has 0 saturated heterocycles. The number of hydrogen-bond donors (Lipinski definition) is 0. The summed E-state index contributed by atoms with van der Waals surface area (Å²) in [5, 5.41) is 0. The minimum absolute atomic E-state index is 0.0354. The quantitative estimate of drug-likeness (QED) is 0.602. The van der Waals surface area contributed by atoms with Gasteiger partial charge in [-0.1, -0.05) is 6.92 Å². The second-order valence-electron chi connectivity index (χ2n) is 4.00. The summed E-state index contributed by atoms with van der Waals surface area (Å²) in [6, 6.07) is 0. The molecule has 0 aromatic heterocycles. The second-order valence-corrected chi connectivity index (χ2v) is 4.00. The van der Waals surface area contributed by atoms with Gasteiger partial charge in [0.15, 0.2) is 12.8 Å². The van der Waals surface area contributed by atoms with Crippen LogP contribution in [0.4, 0.5) is 26.3 Å². The number of alkyl halides is 6. The van der Waals surface area contributed by atoms with E-state index < -0.39 is 44.2 Å². The molecule has 8 heteroatoms. The van der Waals surface area contributed by atoms with Crippen LogP contribution in [0, 0.1) is 5.92 Å². The summed E-state index contributed by atoms with van der Waals surface area (Å²) in [6.07, 6.45) is -10.3. The Balaban J connectivity index is 3.83. The third kappa shape index (κ3) is 7.05. The molecular formula is C10H16F6O2. The number of rotatable bonds is 9. The van der Waals surface area contributed by atoms with Gasteiger partial charge in [-0.15, -0.1) is 0 Å². The molecule has 0 aliphatic rings. The Morgan fingerprint density at radius 3 is 2.06 bits per heavy atom. The lowest BCUT2D eigenvalue weighted by Gasteiger charge is -2.21. The van der Waals surface area contributed by atoms with Crippen molar-refractivity contribution in [3.8, 4) is 0 Å². The molecule has 110 valence electrons. The summed E-state index contributed by atoms with van der Waals surface area (Å²) in [5.74, 6) is -0.551. The molecule has 0 fully saturated rings. The fraction of sp³-hybridized carbons (Fsp3) is 1.00.